The Bertz CT molecular complexity index is 345. The Morgan fingerprint density at radius 2 is 1.63 bits per heavy atom. The van der Waals surface area contributed by atoms with E-state index in [1.54, 1.807) is 0 Å². The summed E-state index contributed by atoms with van der Waals surface area (Å²) in [5.41, 5.74) is 5.70. The minimum absolute atomic E-state index is 0.146. The number of methoxy groups -OCH3 is 1. The molecule has 2 unspecified atom stereocenters. The van der Waals surface area contributed by atoms with Crippen LogP contribution in [0.5, 0.6) is 0 Å². The van der Waals surface area contributed by atoms with E-state index in [1.807, 2.05) is 0 Å². The van der Waals surface area contributed by atoms with Crippen molar-refractivity contribution in [2.45, 2.75) is 51.5 Å². The summed E-state index contributed by atoms with van der Waals surface area (Å²) in [5.74, 6) is -2.45. The fraction of sp³-hybridized carbons (Fsp3) is 0.786. The van der Waals surface area contributed by atoms with E-state index in [0.29, 0.717) is 0 Å². The van der Waals surface area contributed by atoms with E-state index in [4.69, 9.17) is 5.73 Å². The van der Waals surface area contributed by atoms with Crippen LogP contribution in [0.1, 0.15) is 45.4 Å². The zero-order valence-electron chi connectivity index (χ0n) is 11.7. The van der Waals surface area contributed by atoms with Gasteiger partial charge in [0, 0.05) is 5.92 Å². The lowest BCUT2D eigenvalue weighted by Gasteiger charge is -2.23. The second-order valence-corrected chi connectivity index (χ2v) is 5.23. The van der Waals surface area contributed by atoms with Gasteiger partial charge in [0.15, 0.2) is 0 Å². The van der Waals surface area contributed by atoms with Gasteiger partial charge in [-0.25, -0.2) is 0 Å². The van der Waals surface area contributed by atoms with Crippen molar-refractivity contribution in [2.75, 3.05) is 7.11 Å². The molecule has 5 heteroatoms. The molecule has 0 aromatic heterocycles. The highest BCUT2D eigenvalue weighted by molar-refractivity contribution is 6.06. The van der Waals surface area contributed by atoms with Gasteiger partial charge in [0.05, 0.1) is 7.11 Å². The molecule has 108 valence electrons. The van der Waals surface area contributed by atoms with Gasteiger partial charge in [0.1, 0.15) is 23.5 Å². The van der Waals surface area contributed by atoms with Crippen LogP contribution in [0.2, 0.25) is 0 Å². The number of hydrogen-bond donors (Lipinski definition) is 1. The smallest absolute Gasteiger partial charge is 0.323 e. The number of carbonyl (C=O) groups is 3. The maximum absolute atomic E-state index is 12.4. The molecular weight excluding hydrogens is 246 g/mol. The predicted octanol–water partition coefficient (Wildman–Crippen LogP) is 1.23. The number of ether oxygens (including phenoxy) is 1. The number of nitrogens with two attached hydrogens (primary N) is 1. The van der Waals surface area contributed by atoms with Gasteiger partial charge in [-0.15, -0.1) is 0 Å². The molecule has 1 saturated carbocycles. The molecule has 0 spiro atoms. The number of Topliss-reactive ketones (excluding diaryl/α,β-unsaturated/α-hetero) is 2. The Morgan fingerprint density at radius 3 is 2.05 bits per heavy atom. The molecule has 19 heavy (non-hydrogen) atoms. The zero-order valence-corrected chi connectivity index (χ0v) is 11.7. The Labute approximate surface area is 113 Å². The molecule has 1 fully saturated rings. The predicted molar refractivity (Wildman–Crippen MR) is 70.4 cm³/mol. The fourth-order valence-electron chi connectivity index (χ4n) is 2.72. The summed E-state index contributed by atoms with van der Waals surface area (Å²) in [4.78, 5) is 35.6. The van der Waals surface area contributed by atoms with Gasteiger partial charge in [-0.1, -0.05) is 25.7 Å². The molecule has 0 heterocycles. The number of ketones is 2. The molecule has 2 atom stereocenters. The van der Waals surface area contributed by atoms with Gasteiger partial charge in [-0.3, -0.25) is 14.4 Å². The van der Waals surface area contributed by atoms with Gasteiger partial charge >= 0.3 is 5.97 Å². The lowest BCUT2D eigenvalue weighted by molar-refractivity contribution is -0.149. The van der Waals surface area contributed by atoms with Gasteiger partial charge in [-0.2, -0.15) is 0 Å². The quantitative estimate of drug-likeness (QED) is 0.461. The van der Waals surface area contributed by atoms with Crippen LogP contribution < -0.4 is 5.73 Å². The summed E-state index contributed by atoms with van der Waals surface area (Å²) < 4.78 is 4.54. The van der Waals surface area contributed by atoms with E-state index in [0.717, 1.165) is 38.5 Å². The molecular formula is C14H23NO4. The first-order chi connectivity index (χ1) is 8.99. The van der Waals surface area contributed by atoms with Crippen LogP contribution in [0.3, 0.4) is 0 Å². The molecule has 1 aliphatic rings. The average Bonchev–Trinajstić information content (AvgIpc) is 2.66. The van der Waals surface area contributed by atoms with Crippen LogP contribution in [-0.4, -0.2) is 30.7 Å². The summed E-state index contributed by atoms with van der Waals surface area (Å²) in [6.07, 6.45) is 5.81. The Kier molecular flexibility index (Phi) is 6.15. The summed E-state index contributed by atoms with van der Waals surface area (Å²) in [6, 6.07) is -1.18. The third kappa shape index (κ3) is 4.13. The van der Waals surface area contributed by atoms with E-state index >= 15 is 0 Å². The number of rotatable bonds is 5. The number of carbonyl (C=O) groups excluding carboxylic acids is 3. The van der Waals surface area contributed by atoms with Crippen molar-refractivity contribution in [1.29, 1.82) is 0 Å². The minimum atomic E-state index is -1.18. The minimum Gasteiger partial charge on any atom is -0.468 e. The highest BCUT2D eigenvalue weighted by Crippen LogP contribution is 2.27. The van der Waals surface area contributed by atoms with Crippen molar-refractivity contribution in [2.24, 2.45) is 17.6 Å². The van der Waals surface area contributed by atoms with Gasteiger partial charge < -0.3 is 10.5 Å². The molecule has 0 amide bonds. The molecule has 0 bridgehead atoms. The zero-order chi connectivity index (χ0) is 14.4. The first-order valence-electron chi connectivity index (χ1n) is 6.86. The third-order valence-electron chi connectivity index (χ3n) is 3.83. The van der Waals surface area contributed by atoms with Crippen LogP contribution in [0, 0.1) is 11.8 Å². The second-order valence-electron chi connectivity index (χ2n) is 5.23. The molecule has 5 nitrogen and oxygen atoms in total. The Hall–Kier alpha value is -1.23. The van der Waals surface area contributed by atoms with Gasteiger partial charge in [-0.05, 0) is 19.8 Å². The second kappa shape index (κ2) is 7.38. The molecule has 0 aliphatic heterocycles. The number of esters is 1. The van der Waals surface area contributed by atoms with Crippen molar-refractivity contribution in [3.8, 4) is 0 Å². The van der Waals surface area contributed by atoms with Crippen molar-refractivity contribution >= 4 is 17.5 Å². The molecule has 0 aromatic carbocycles. The van der Waals surface area contributed by atoms with Crippen molar-refractivity contribution < 1.29 is 19.1 Å². The summed E-state index contributed by atoms with van der Waals surface area (Å²) in [6.45, 7) is 1.31. The van der Waals surface area contributed by atoms with Crippen molar-refractivity contribution in [3.05, 3.63) is 0 Å². The van der Waals surface area contributed by atoms with E-state index in [2.05, 4.69) is 4.74 Å². The lowest BCUT2D eigenvalue weighted by atomic mass is 9.82. The first kappa shape index (κ1) is 15.8. The van der Waals surface area contributed by atoms with Crippen LogP contribution in [0.4, 0.5) is 0 Å². The topological polar surface area (TPSA) is 86.5 Å². The lowest BCUT2D eigenvalue weighted by Crippen LogP contribution is -2.47. The SMILES string of the molecule is COC(=O)C(N)C(C(C)=O)C(=O)C1CCCCCC1. The standard InChI is InChI=1S/C14H23NO4/c1-9(16)11(12(15)14(18)19-2)13(17)10-7-5-3-4-6-8-10/h10-12H,3-8,15H2,1-2H3. The van der Waals surface area contributed by atoms with Crippen LogP contribution in [0.15, 0.2) is 0 Å². The average molecular weight is 269 g/mol. The number of hydrogen-bond acceptors (Lipinski definition) is 5. The van der Waals surface area contributed by atoms with Crippen LogP contribution >= 0.6 is 0 Å². The Balaban J connectivity index is 2.82. The molecule has 0 saturated heterocycles. The monoisotopic (exact) mass is 269 g/mol. The van der Waals surface area contributed by atoms with E-state index in [9.17, 15) is 14.4 Å². The van der Waals surface area contributed by atoms with E-state index in [1.165, 1.54) is 14.0 Å². The normalized spacial score (nSPS) is 20.2. The summed E-state index contributed by atoms with van der Waals surface area (Å²) in [7, 11) is 1.20. The highest BCUT2D eigenvalue weighted by atomic mass is 16.5. The third-order valence-corrected chi connectivity index (χ3v) is 3.83. The van der Waals surface area contributed by atoms with Crippen LogP contribution in [-0.2, 0) is 19.1 Å². The van der Waals surface area contributed by atoms with E-state index < -0.39 is 17.9 Å². The van der Waals surface area contributed by atoms with Crippen LogP contribution in [0.25, 0.3) is 0 Å². The molecule has 0 aromatic rings. The van der Waals surface area contributed by atoms with Crippen molar-refractivity contribution in [1.82, 2.24) is 0 Å². The molecule has 0 radical (unpaired) electrons. The molecule has 2 N–H and O–H groups in total. The van der Waals surface area contributed by atoms with Gasteiger partial charge in [0.2, 0.25) is 0 Å². The van der Waals surface area contributed by atoms with Gasteiger partial charge in [0.25, 0.3) is 0 Å². The largest absolute Gasteiger partial charge is 0.468 e. The van der Waals surface area contributed by atoms with E-state index in [-0.39, 0.29) is 17.5 Å². The fourth-order valence-corrected chi connectivity index (χ4v) is 2.72. The highest BCUT2D eigenvalue weighted by Gasteiger charge is 2.38. The Morgan fingerprint density at radius 1 is 1.11 bits per heavy atom. The maximum Gasteiger partial charge on any atom is 0.323 e. The maximum atomic E-state index is 12.4. The molecule has 1 rings (SSSR count). The summed E-state index contributed by atoms with van der Waals surface area (Å²) in [5, 5.41) is 0. The summed E-state index contributed by atoms with van der Waals surface area (Å²) >= 11 is 0. The first-order valence-corrected chi connectivity index (χ1v) is 6.86. The van der Waals surface area contributed by atoms with Crippen molar-refractivity contribution in [3.63, 3.8) is 0 Å². The molecule has 1 aliphatic carbocycles.